The molecule has 156 valence electrons. The molecule has 0 unspecified atom stereocenters. The van der Waals surface area contributed by atoms with Crippen LogP contribution in [0.25, 0.3) is 0 Å². The van der Waals surface area contributed by atoms with Gasteiger partial charge in [-0.15, -0.1) is 0 Å². The SMILES string of the molecule is CCCCCC(=Nc1cccc(CC)c1)C(CCCC)=Nc1cccc(CC)c1. The minimum Gasteiger partial charge on any atom is -0.252 e. The zero-order valence-corrected chi connectivity index (χ0v) is 18.9. The Kier molecular flexibility index (Phi) is 10.4. The molecule has 2 aromatic rings. The number of aliphatic imine (C=N–C) groups is 2. The van der Waals surface area contributed by atoms with Crippen molar-refractivity contribution in [2.45, 2.75) is 85.5 Å². The van der Waals surface area contributed by atoms with Crippen LogP contribution in [-0.4, -0.2) is 11.4 Å². The smallest absolute Gasteiger partial charge is 0.0636 e. The Labute approximate surface area is 178 Å². The second-order valence-corrected chi connectivity index (χ2v) is 7.72. The highest BCUT2D eigenvalue weighted by Crippen LogP contribution is 2.21. The van der Waals surface area contributed by atoms with Crippen LogP contribution < -0.4 is 0 Å². The maximum atomic E-state index is 5.12. The van der Waals surface area contributed by atoms with E-state index < -0.39 is 0 Å². The fraction of sp³-hybridized carbons (Fsp3) is 0.481. The van der Waals surface area contributed by atoms with E-state index in [9.17, 15) is 0 Å². The normalized spacial score (nSPS) is 12.4. The van der Waals surface area contributed by atoms with Gasteiger partial charge in [0.1, 0.15) is 0 Å². The predicted octanol–water partition coefficient (Wildman–Crippen LogP) is 8.43. The molecule has 0 fully saturated rings. The Bertz CT molecular complexity index is 802. The van der Waals surface area contributed by atoms with Gasteiger partial charge in [-0.3, -0.25) is 9.98 Å². The van der Waals surface area contributed by atoms with E-state index in [0.29, 0.717) is 0 Å². The van der Waals surface area contributed by atoms with Crippen LogP contribution in [-0.2, 0) is 12.8 Å². The van der Waals surface area contributed by atoms with E-state index in [1.165, 1.54) is 42.5 Å². The standard InChI is InChI=1S/C27H38N2/c1-5-9-11-19-27(29-25-17-13-15-23(8-4)21-25)26(18-10-6-2)28-24-16-12-14-22(7-3)20-24/h12-17,20-21H,5-11,18-19H2,1-4H3. The molecule has 0 saturated carbocycles. The van der Waals surface area contributed by atoms with Crippen molar-refractivity contribution in [1.29, 1.82) is 0 Å². The second kappa shape index (κ2) is 13.1. The zero-order chi connectivity index (χ0) is 20.9. The van der Waals surface area contributed by atoms with Gasteiger partial charge < -0.3 is 0 Å². The van der Waals surface area contributed by atoms with Gasteiger partial charge in [-0.05, 0) is 73.9 Å². The van der Waals surface area contributed by atoms with Crippen LogP contribution in [0, 0.1) is 0 Å². The quantitative estimate of drug-likeness (QED) is 0.256. The molecule has 2 nitrogen and oxygen atoms in total. The molecule has 2 heteroatoms. The molecule has 2 aromatic carbocycles. The van der Waals surface area contributed by atoms with Crippen LogP contribution in [0.1, 0.15) is 83.8 Å². The number of hydrogen-bond donors (Lipinski definition) is 0. The Balaban J connectivity index is 2.44. The Morgan fingerprint density at radius 3 is 1.55 bits per heavy atom. The average Bonchev–Trinajstić information content (AvgIpc) is 2.76. The van der Waals surface area contributed by atoms with Gasteiger partial charge in [0.15, 0.2) is 0 Å². The molecule has 0 aliphatic rings. The molecule has 0 spiro atoms. The van der Waals surface area contributed by atoms with Crippen LogP contribution >= 0.6 is 0 Å². The van der Waals surface area contributed by atoms with Crippen molar-refractivity contribution >= 4 is 22.8 Å². The highest BCUT2D eigenvalue weighted by Gasteiger charge is 2.11. The third kappa shape index (κ3) is 7.97. The molecule has 29 heavy (non-hydrogen) atoms. The summed E-state index contributed by atoms with van der Waals surface area (Å²) < 4.78 is 0. The van der Waals surface area contributed by atoms with Crippen molar-refractivity contribution in [3.63, 3.8) is 0 Å². The lowest BCUT2D eigenvalue weighted by molar-refractivity contribution is 0.742. The van der Waals surface area contributed by atoms with Gasteiger partial charge in [-0.25, -0.2) is 0 Å². The first-order valence-corrected chi connectivity index (χ1v) is 11.5. The molecule has 0 heterocycles. The zero-order valence-electron chi connectivity index (χ0n) is 18.9. The molecular weight excluding hydrogens is 352 g/mol. The third-order valence-corrected chi connectivity index (χ3v) is 5.28. The molecule has 0 bridgehead atoms. The molecule has 2 rings (SSSR count). The van der Waals surface area contributed by atoms with Crippen molar-refractivity contribution in [2.24, 2.45) is 9.98 Å². The van der Waals surface area contributed by atoms with Crippen LogP contribution in [0.5, 0.6) is 0 Å². The van der Waals surface area contributed by atoms with Gasteiger partial charge in [-0.1, -0.05) is 71.2 Å². The minimum absolute atomic E-state index is 0.991. The molecule has 0 aromatic heterocycles. The number of benzene rings is 2. The fourth-order valence-electron chi connectivity index (χ4n) is 3.42. The van der Waals surface area contributed by atoms with Crippen molar-refractivity contribution in [1.82, 2.24) is 0 Å². The summed E-state index contributed by atoms with van der Waals surface area (Å²) in [5.74, 6) is 0. The summed E-state index contributed by atoms with van der Waals surface area (Å²) in [6.45, 7) is 8.89. The van der Waals surface area contributed by atoms with Crippen molar-refractivity contribution in [3.05, 3.63) is 59.7 Å². The van der Waals surface area contributed by atoms with Crippen LogP contribution in [0.4, 0.5) is 11.4 Å². The second-order valence-electron chi connectivity index (χ2n) is 7.72. The van der Waals surface area contributed by atoms with Gasteiger partial charge in [0.2, 0.25) is 0 Å². The molecule has 0 aliphatic heterocycles. The fourth-order valence-corrected chi connectivity index (χ4v) is 3.42. The van der Waals surface area contributed by atoms with Crippen molar-refractivity contribution in [2.75, 3.05) is 0 Å². The Morgan fingerprint density at radius 2 is 1.10 bits per heavy atom. The number of aryl methyl sites for hydroxylation is 2. The number of hydrogen-bond acceptors (Lipinski definition) is 2. The van der Waals surface area contributed by atoms with Crippen LogP contribution in [0.3, 0.4) is 0 Å². The summed E-state index contributed by atoms with van der Waals surface area (Å²) in [6.07, 6.45) is 10.0. The molecular formula is C27H38N2. The van der Waals surface area contributed by atoms with E-state index in [2.05, 4.69) is 76.2 Å². The van der Waals surface area contributed by atoms with Gasteiger partial charge in [0, 0.05) is 0 Å². The van der Waals surface area contributed by atoms with Gasteiger partial charge in [-0.2, -0.15) is 0 Å². The number of rotatable bonds is 12. The topological polar surface area (TPSA) is 24.7 Å². The largest absolute Gasteiger partial charge is 0.252 e. The minimum atomic E-state index is 0.991. The average molecular weight is 391 g/mol. The lowest BCUT2D eigenvalue weighted by atomic mass is 10.0. The molecule has 0 saturated heterocycles. The molecule has 0 radical (unpaired) electrons. The summed E-state index contributed by atoms with van der Waals surface area (Å²) in [5, 5.41) is 0. The van der Waals surface area contributed by atoms with Crippen LogP contribution in [0.15, 0.2) is 58.5 Å². The van der Waals surface area contributed by atoms with E-state index in [1.807, 2.05) is 0 Å². The van der Waals surface area contributed by atoms with Gasteiger partial charge in [0.25, 0.3) is 0 Å². The molecule has 0 atom stereocenters. The Hall–Kier alpha value is -2.22. The van der Waals surface area contributed by atoms with Gasteiger partial charge in [0.05, 0.1) is 22.8 Å². The lowest BCUT2D eigenvalue weighted by Gasteiger charge is -2.12. The van der Waals surface area contributed by atoms with E-state index >= 15 is 0 Å². The maximum Gasteiger partial charge on any atom is 0.0636 e. The number of unbranched alkanes of at least 4 members (excludes halogenated alkanes) is 3. The summed E-state index contributed by atoms with van der Waals surface area (Å²) >= 11 is 0. The van der Waals surface area contributed by atoms with Crippen LogP contribution in [0.2, 0.25) is 0 Å². The summed E-state index contributed by atoms with van der Waals surface area (Å²) in [6, 6.07) is 17.3. The van der Waals surface area contributed by atoms with Crippen molar-refractivity contribution in [3.8, 4) is 0 Å². The highest BCUT2D eigenvalue weighted by molar-refractivity contribution is 6.43. The lowest BCUT2D eigenvalue weighted by Crippen LogP contribution is -2.14. The monoisotopic (exact) mass is 390 g/mol. The van der Waals surface area contributed by atoms with E-state index in [-0.39, 0.29) is 0 Å². The molecule has 0 aliphatic carbocycles. The summed E-state index contributed by atoms with van der Waals surface area (Å²) in [4.78, 5) is 10.2. The molecule has 0 N–H and O–H groups in total. The Morgan fingerprint density at radius 1 is 0.621 bits per heavy atom. The van der Waals surface area contributed by atoms with Crippen molar-refractivity contribution < 1.29 is 0 Å². The summed E-state index contributed by atoms with van der Waals surface area (Å²) in [7, 11) is 0. The third-order valence-electron chi connectivity index (χ3n) is 5.28. The van der Waals surface area contributed by atoms with E-state index in [4.69, 9.17) is 9.98 Å². The highest BCUT2D eigenvalue weighted by atomic mass is 14.8. The first kappa shape index (κ1) is 23.1. The maximum absolute atomic E-state index is 5.12. The van der Waals surface area contributed by atoms with E-state index in [0.717, 1.165) is 49.2 Å². The number of nitrogens with zero attached hydrogens (tertiary/aromatic N) is 2. The van der Waals surface area contributed by atoms with E-state index in [1.54, 1.807) is 0 Å². The first-order valence-electron chi connectivity index (χ1n) is 11.5. The predicted molar refractivity (Wildman–Crippen MR) is 129 cm³/mol. The van der Waals surface area contributed by atoms with Gasteiger partial charge >= 0.3 is 0 Å². The molecule has 0 amide bonds. The first-order chi connectivity index (χ1) is 14.2. The summed E-state index contributed by atoms with van der Waals surface area (Å²) in [5.41, 5.74) is 7.12.